The van der Waals surface area contributed by atoms with Gasteiger partial charge in [0, 0.05) is 11.9 Å². The molecular formula is C20H19N5O2. The molecule has 4 rings (SSSR count). The number of hydrogen-bond donors (Lipinski definition) is 1. The van der Waals surface area contributed by atoms with Gasteiger partial charge in [-0.2, -0.15) is 5.10 Å². The minimum atomic E-state index is -0.396. The second-order valence-electron chi connectivity index (χ2n) is 6.82. The van der Waals surface area contributed by atoms with E-state index in [2.05, 4.69) is 15.5 Å². The maximum atomic E-state index is 13.0. The van der Waals surface area contributed by atoms with Gasteiger partial charge in [-0.25, -0.2) is 14.3 Å². The Labute approximate surface area is 155 Å². The number of amides is 1. The molecule has 27 heavy (non-hydrogen) atoms. The molecule has 2 heterocycles. The molecule has 0 aliphatic carbocycles. The van der Waals surface area contributed by atoms with E-state index >= 15 is 0 Å². The van der Waals surface area contributed by atoms with Crippen LogP contribution in [0.5, 0.6) is 0 Å². The van der Waals surface area contributed by atoms with Gasteiger partial charge in [0.15, 0.2) is 5.69 Å². The van der Waals surface area contributed by atoms with Gasteiger partial charge in [-0.1, -0.05) is 44.2 Å². The summed E-state index contributed by atoms with van der Waals surface area (Å²) in [6.07, 6.45) is 1.55. The first-order valence-electron chi connectivity index (χ1n) is 8.78. The number of imidazole rings is 1. The van der Waals surface area contributed by atoms with Crippen LogP contribution in [-0.2, 0) is 6.54 Å². The average molecular weight is 361 g/mol. The maximum Gasteiger partial charge on any atom is 0.291 e. The highest BCUT2D eigenvalue weighted by molar-refractivity contribution is 6.08. The van der Waals surface area contributed by atoms with Crippen LogP contribution in [0, 0.1) is 5.92 Å². The molecule has 0 spiro atoms. The minimum absolute atomic E-state index is 0.191. The second-order valence-corrected chi connectivity index (χ2v) is 6.82. The van der Waals surface area contributed by atoms with Crippen LogP contribution in [0.3, 0.4) is 0 Å². The molecule has 0 aliphatic rings. The Morgan fingerprint density at radius 3 is 2.56 bits per heavy atom. The lowest BCUT2D eigenvalue weighted by Crippen LogP contribution is -2.31. The number of para-hydroxylation sites is 2. The second kappa shape index (κ2) is 6.68. The van der Waals surface area contributed by atoms with E-state index < -0.39 is 5.91 Å². The minimum Gasteiger partial charge on any atom is -0.267 e. The van der Waals surface area contributed by atoms with Crippen molar-refractivity contribution < 1.29 is 4.79 Å². The van der Waals surface area contributed by atoms with Crippen LogP contribution in [0.4, 0.5) is 0 Å². The molecule has 2 aromatic carbocycles. The molecule has 0 radical (unpaired) electrons. The molecule has 2 aromatic heterocycles. The van der Waals surface area contributed by atoms with E-state index in [-0.39, 0.29) is 17.2 Å². The van der Waals surface area contributed by atoms with Gasteiger partial charge in [0.05, 0.1) is 16.4 Å². The van der Waals surface area contributed by atoms with E-state index in [1.807, 2.05) is 38.1 Å². The highest BCUT2D eigenvalue weighted by Crippen LogP contribution is 2.15. The molecule has 0 saturated heterocycles. The Kier molecular flexibility index (Phi) is 4.19. The number of nitrogens with one attached hydrogen (secondary N) is 1. The Morgan fingerprint density at radius 2 is 1.78 bits per heavy atom. The fraction of sp³-hybridized carbons (Fsp3) is 0.200. The Hall–Kier alpha value is -3.48. The van der Waals surface area contributed by atoms with Crippen LogP contribution in [0.25, 0.3) is 21.8 Å². The summed E-state index contributed by atoms with van der Waals surface area (Å²) in [5, 5.41) is 5.37. The Bertz CT molecular complexity index is 1210. The van der Waals surface area contributed by atoms with E-state index in [1.54, 1.807) is 35.3 Å². The monoisotopic (exact) mass is 361 g/mol. The van der Waals surface area contributed by atoms with Crippen LogP contribution < -0.4 is 11.0 Å². The SMILES string of the molecule is CC(C)Cn1nc(C(=O)Nn2cnc3ccccc32)c2ccccc2c1=O. The van der Waals surface area contributed by atoms with Crippen molar-refractivity contribution in [2.45, 2.75) is 20.4 Å². The standard InChI is InChI=1S/C20H19N5O2/c1-13(2)11-24-20(27)15-8-4-3-7-14(15)18(22-24)19(26)23-25-12-21-16-9-5-6-10-17(16)25/h3-10,12-13H,11H2,1-2H3,(H,23,26). The molecule has 0 fully saturated rings. The van der Waals surface area contributed by atoms with Crippen molar-refractivity contribution in [2.75, 3.05) is 5.43 Å². The van der Waals surface area contributed by atoms with Crippen molar-refractivity contribution in [3.63, 3.8) is 0 Å². The normalized spacial score (nSPS) is 11.4. The van der Waals surface area contributed by atoms with Crippen LogP contribution in [-0.4, -0.2) is 25.3 Å². The first-order chi connectivity index (χ1) is 13.0. The first-order valence-corrected chi connectivity index (χ1v) is 8.78. The van der Waals surface area contributed by atoms with Crippen molar-refractivity contribution in [3.8, 4) is 0 Å². The van der Waals surface area contributed by atoms with E-state index in [1.165, 1.54) is 4.68 Å². The topological polar surface area (TPSA) is 81.8 Å². The van der Waals surface area contributed by atoms with Crippen molar-refractivity contribution in [1.29, 1.82) is 0 Å². The average Bonchev–Trinajstić information content (AvgIpc) is 3.07. The highest BCUT2D eigenvalue weighted by Gasteiger charge is 2.18. The highest BCUT2D eigenvalue weighted by atomic mass is 16.2. The lowest BCUT2D eigenvalue weighted by Gasteiger charge is -2.13. The predicted molar refractivity (Wildman–Crippen MR) is 104 cm³/mol. The third-order valence-corrected chi connectivity index (χ3v) is 4.30. The molecule has 0 atom stereocenters. The predicted octanol–water partition coefficient (Wildman–Crippen LogP) is 2.79. The van der Waals surface area contributed by atoms with Gasteiger partial charge in [-0.05, 0) is 24.1 Å². The summed E-state index contributed by atoms with van der Waals surface area (Å²) < 4.78 is 2.93. The van der Waals surface area contributed by atoms with Crippen LogP contribution >= 0.6 is 0 Å². The molecule has 7 nitrogen and oxygen atoms in total. The quantitative estimate of drug-likeness (QED) is 0.606. The van der Waals surface area contributed by atoms with Gasteiger partial charge in [0.2, 0.25) is 0 Å². The zero-order valence-corrected chi connectivity index (χ0v) is 15.1. The Balaban J connectivity index is 1.81. The molecule has 0 bridgehead atoms. The van der Waals surface area contributed by atoms with E-state index in [9.17, 15) is 9.59 Å². The molecule has 136 valence electrons. The fourth-order valence-corrected chi connectivity index (χ4v) is 3.08. The zero-order chi connectivity index (χ0) is 19.0. The fourth-order valence-electron chi connectivity index (χ4n) is 3.08. The zero-order valence-electron chi connectivity index (χ0n) is 15.1. The number of benzene rings is 2. The summed E-state index contributed by atoms with van der Waals surface area (Å²) in [5.41, 5.74) is 4.39. The summed E-state index contributed by atoms with van der Waals surface area (Å²) in [6, 6.07) is 14.5. The lowest BCUT2D eigenvalue weighted by atomic mass is 10.1. The van der Waals surface area contributed by atoms with Gasteiger partial charge in [-0.15, -0.1) is 0 Å². The summed E-state index contributed by atoms with van der Waals surface area (Å²) in [6.45, 7) is 4.44. The number of carbonyl (C=O) groups is 1. The van der Waals surface area contributed by atoms with E-state index in [0.29, 0.717) is 17.3 Å². The molecule has 1 N–H and O–H groups in total. The van der Waals surface area contributed by atoms with Crippen LogP contribution in [0.2, 0.25) is 0 Å². The number of nitrogens with zero attached hydrogens (tertiary/aromatic N) is 4. The third kappa shape index (κ3) is 3.08. The van der Waals surface area contributed by atoms with Gasteiger partial charge in [0.1, 0.15) is 6.33 Å². The number of rotatable bonds is 4. The maximum absolute atomic E-state index is 13.0. The molecule has 0 saturated carbocycles. The van der Waals surface area contributed by atoms with Gasteiger partial charge < -0.3 is 0 Å². The lowest BCUT2D eigenvalue weighted by molar-refractivity contribution is 0.100. The van der Waals surface area contributed by atoms with E-state index in [4.69, 9.17) is 0 Å². The van der Waals surface area contributed by atoms with Gasteiger partial charge in [-0.3, -0.25) is 15.0 Å². The van der Waals surface area contributed by atoms with Crippen LogP contribution in [0.1, 0.15) is 24.3 Å². The van der Waals surface area contributed by atoms with E-state index in [0.717, 1.165) is 11.0 Å². The molecule has 0 aliphatic heterocycles. The third-order valence-electron chi connectivity index (χ3n) is 4.30. The van der Waals surface area contributed by atoms with Crippen LogP contribution in [0.15, 0.2) is 59.7 Å². The first kappa shape index (κ1) is 17.0. The van der Waals surface area contributed by atoms with Crippen molar-refractivity contribution in [2.24, 2.45) is 5.92 Å². The summed E-state index contributed by atoms with van der Waals surface area (Å²) in [5.74, 6) is -0.170. The molecular weight excluding hydrogens is 342 g/mol. The molecule has 0 unspecified atom stereocenters. The smallest absolute Gasteiger partial charge is 0.267 e. The van der Waals surface area contributed by atoms with Crippen molar-refractivity contribution in [1.82, 2.24) is 19.4 Å². The molecule has 7 heteroatoms. The number of fused-ring (bicyclic) bond motifs is 2. The number of carbonyl (C=O) groups excluding carboxylic acids is 1. The number of hydrogen-bond acceptors (Lipinski definition) is 4. The van der Waals surface area contributed by atoms with Crippen molar-refractivity contribution >= 4 is 27.7 Å². The Morgan fingerprint density at radius 1 is 1.07 bits per heavy atom. The van der Waals surface area contributed by atoms with Gasteiger partial charge >= 0.3 is 0 Å². The summed E-state index contributed by atoms with van der Waals surface area (Å²) in [7, 11) is 0. The van der Waals surface area contributed by atoms with Gasteiger partial charge in [0.25, 0.3) is 11.5 Å². The number of aromatic nitrogens is 4. The largest absolute Gasteiger partial charge is 0.291 e. The molecule has 1 amide bonds. The summed E-state index contributed by atoms with van der Waals surface area (Å²) >= 11 is 0. The molecule has 4 aromatic rings. The van der Waals surface area contributed by atoms with Crippen molar-refractivity contribution in [3.05, 3.63) is 70.9 Å². The summed E-state index contributed by atoms with van der Waals surface area (Å²) in [4.78, 5) is 29.9.